The highest BCUT2D eigenvalue weighted by molar-refractivity contribution is 5.69. The summed E-state index contributed by atoms with van der Waals surface area (Å²) >= 11 is 0. The normalized spacial score (nSPS) is 10.8. The predicted molar refractivity (Wildman–Crippen MR) is 64.7 cm³/mol. The molecule has 0 aliphatic carbocycles. The number of amides is 1. The third-order valence-corrected chi connectivity index (χ3v) is 1.78. The first-order valence-corrected chi connectivity index (χ1v) is 5.97. The summed E-state index contributed by atoms with van der Waals surface area (Å²) < 4.78 is 9.85. The van der Waals surface area contributed by atoms with Gasteiger partial charge in [-0.2, -0.15) is 0 Å². The van der Waals surface area contributed by atoms with E-state index in [2.05, 4.69) is 5.32 Å². The van der Waals surface area contributed by atoms with Crippen LogP contribution in [-0.2, 0) is 14.3 Å². The van der Waals surface area contributed by atoms with Crippen molar-refractivity contribution in [3.05, 3.63) is 0 Å². The monoisotopic (exact) mass is 245 g/mol. The number of rotatable bonds is 6. The van der Waals surface area contributed by atoms with Crippen LogP contribution in [0.3, 0.4) is 0 Å². The van der Waals surface area contributed by atoms with E-state index >= 15 is 0 Å². The Morgan fingerprint density at radius 3 is 2.35 bits per heavy atom. The van der Waals surface area contributed by atoms with Crippen molar-refractivity contribution in [1.82, 2.24) is 5.32 Å². The molecule has 0 unspecified atom stereocenters. The van der Waals surface area contributed by atoms with Gasteiger partial charge in [-0.05, 0) is 40.5 Å². The molecule has 0 spiro atoms. The molecule has 0 heterocycles. The van der Waals surface area contributed by atoms with Crippen LogP contribution in [-0.4, -0.2) is 30.8 Å². The van der Waals surface area contributed by atoms with Gasteiger partial charge in [0.25, 0.3) is 0 Å². The number of hydrogen-bond donors (Lipinski definition) is 1. The zero-order valence-corrected chi connectivity index (χ0v) is 11.2. The van der Waals surface area contributed by atoms with E-state index in [9.17, 15) is 9.59 Å². The van der Waals surface area contributed by atoms with E-state index in [1.54, 1.807) is 6.92 Å². The molecule has 1 amide bonds. The molecule has 0 rings (SSSR count). The number of hydrogen-bond acceptors (Lipinski definition) is 4. The number of carbonyl (C=O) groups is 2. The number of alkyl carbamates (subject to hydrolysis) is 1. The summed E-state index contributed by atoms with van der Waals surface area (Å²) in [6.07, 6.45) is 1.41. The Bertz CT molecular complexity index is 245. The second kappa shape index (κ2) is 7.92. The topological polar surface area (TPSA) is 64.6 Å². The Morgan fingerprint density at radius 1 is 1.18 bits per heavy atom. The van der Waals surface area contributed by atoms with Crippen LogP contribution in [0.5, 0.6) is 0 Å². The fourth-order valence-corrected chi connectivity index (χ4v) is 1.13. The zero-order valence-electron chi connectivity index (χ0n) is 11.2. The van der Waals surface area contributed by atoms with Gasteiger partial charge in [-0.25, -0.2) is 4.79 Å². The van der Waals surface area contributed by atoms with E-state index < -0.39 is 11.7 Å². The second-order valence-electron chi connectivity index (χ2n) is 4.69. The molecule has 0 radical (unpaired) electrons. The van der Waals surface area contributed by atoms with Gasteiger partial charge in [0.15, 0.2) is 0 Å². The van der Waals surface area contributed by atoms with Gasteiger partial charge in [0.05, 0.1) is 6.61 Å². The Kier molecular flexibility index (Phi) is 7.34. The molecule has 1 N–H and O–H groups in total. The van der Waals surface area contributed by atoms with Gasteiger partial charge in [-0.1, -0.05) is 0 Å². The standard InChI is InChI=1S/C12H23NO4/c1-5-16-10(14)8-6-7-9-13-11(15)17-12(2,3)4/h5-9H2,1-4H3,(H,13,15). The minimum atomic E-state index is -0.477. The first-order chi connectivity index (χ1) is 7.85. The van der Waals surface area contributed by atoms with Crippen molar-refractivity contribution < 1.29 is 19.1 Å². The molecule has 0 aliphatic heterocycles. The zero-order chi connectivity index (χ0) is 13.3. The van der Waals surface area contributed by atoms with Crippen LogP contribution in [0.2, 0.25) is 0 Å². The van der Waals surface area contributed by atoms with Crippen molar-refractivity contribution in [3.63, 3.8) is 0 Å². The maximum atomic E-state index is 11.2. The van der Waals surface area contributed by atoms with Gasteiger partial charge in [0, 0.05) is 13.0 Å². The van der Waals surface area contributed by atoms with E-state index in [-0.39, 0.29) is 5.97 Å². The molecule has 0 aromatic carbocycles. The molecule has 0 saturated heterocycles. The van der Waals surface area contributed by atoms with E-state index in [0.717, 1.165) is 6.42 Å². The molecular formula is C12H23NO4. The van der Waals surface area contributed by atoms with Crippen molar-refractivity contribution >= 4 is 12.1 Å². The molecule has 0 saturated carbocycles. The lowest BCUT2D eigenvalue weighted by atomic mass is 10.2. The van der Waals surface area contributed by atoms with Crippen molar-refractivity contribution in [2.75, 3.05) is 13.2 Å². The predicted octanol–water partition coefficient (Wildman–Crippen LogP) is 2.24. The highest BCUT2D eigenvalue weighted by atomic mass is 16.6. The van der Waals surface area contributed by atoms with Gasteiger partial charge in [0.2, 0.25) is 0 Å². The maximum Gasteiger partial charge on any atom is 0.407 e. The van der Waals surface area contributed by atoms with Crippen molar-refractivity contribution in [2.45, 2.75) is 52.6 Å². The summed E-state index contributed by atoms with van der Waals surface area (Å²) in [6.45, 7) is 8.14. The summed E-state index contributed by atoms with van der Waals surface area (Å²) in [6, 6.07) is 0. The van der Waals surface area contributed by atoms with Crippen molar-refractivity contribution in [1.29, 1.82) is 0 Å². The van der Waals surface area contributed by atoms with Gasteiger partial charge < -0.3 is 14.8 Å². The van der Waals surface area contributed by atoms with Gasteiger partial charge in [0.1, 0.15) is 5.60 Å². The van der Waals surface area contributed by atoms with Crippen LogP contribution in [0.1, 0.15) is 47.0 Å². The van der Waals surface area contributed by atoms with E-state index in [1.807, 2.05) is 20.8 Å². The molecule has 0 aromatic heterocycles. The third kappa shape index (κ3) is 11.0. The van der Waals surface area contributed by atoms with Crippen molar-refractivity contribution in [3.8, 4) is 0 Å². The molecule has 0 atom stereocenters. The summed E-state index contributed by atoms with van der Waals surface area (Å²) in [5.41, 5.74) is -0.477. The van der Waals surface area contributed by atoms with Crippen LogP contribution in [0.4, 0.5) is 4.79 Å². The SMILES string of the molecule is CCOC(=O)CCCCNC(=O)OC(C)(C)C. The smallest absolute Gasteiger partial charge is 0.407 e. The molecule has 100 valence electrons. The van der Waals surface area contributed by atoms with E-state index in [0.29, 0.717) is 26.0 Å². The number of esters is 1. The van der Waals surface area contributed by atoms with Crippen LogP contribution < -0.4 is 5.32 Å². The molecule has 0 fully saturated rings. The second-order valence-corrected chi connectivity index (χ2v) is 4.69. The third-order valence-electron chi connectivity index (χ3n) is 1.78. The van der Waals surface area contributed by atoms with Crippen LogP contribution in [0, 0.1) is 0 Å². The number of nitrogens with one attached hydrogen (secondary N) is 1. The first-order valence-electron chi connectivity index (χ1n) is 5.97. The molecule has 5 heteroatoms. The summed E-state index contributed by atoms with van der Waals surface area (Å²) in [5, 5.41) is 2.63. The van der Waals surface area contributed by atoms with Crippen LogP contribution in [0.15, 0.2) is 0 Å². The minimum absolute atomic E-state index is 0.190. The number of unbranched alkanes of at least 4 members (excludes halogenated alkanes) is 1. The Labute approximate surface area is 103 Å². The lowest BCUT2D eigenvalue weighted by molar-refractivity contribution is -0.143. The maximum absolute atomic E-state index is 11.2. The molecular weight excluding hydrogens is 222 g/mol. The van der Waals surface area contributed by atoms with Crippen LogP contribution >= 0.6 is 0 Å². The van der Waals surface area contributed by atoms with E-state index in [4.69, 9.17) is 9.47 Å². The fraction of sp³-hybridized carbons (Fsp3) is 0.833. The molecule has 0 bridgehead atoms. The Balaban J connectivity index is 3.46. The molecule has 5 nitrogen and oxygen atoms in total. The molecule has 0 aliphatic rings. The highest BCUT2D eigenvalue weighted by Crippen LogP contribution is 2.06. The van der Waals surface area contributed by atoms with Gasteiger partial charge in [-0.3, -0.25) is 4.79 Å². The molecule has 0 aromatic rings. The average molecular weight is 245 g/mol. The fourth-order valence-electron chi connectivity index (χ4n) is 1.13. The summed E-state index contributed by atoms with van der Waals surface area (Å²) in [7, 11) is 0. The minimum Gasteiger partial charge on any atom is -0.466 e. The lowest BCUT2D eigenvalue weighted by Crippen LogP contribution is -2.33. The largest absolute Gasteiger partial charge is 0.466 e. The van der Waals surface area contributed by atoms with Gasteiger partial charge >= 0.3 is 12.1 Å². The van der Waals surface area contributed by atoms with Gasteiger partial charge in [-0.15, -0.1) is 0 Å². The Morgan fingerprint density at radius 2 is 1.82 bits per heavy atom. The summed E-state index contributed by atoms with van der Waals surface area (Å²) in [4.78, 5) is 22.2. The number of carbonyl (C=O) groups excluding carboxylic acids is 2. The lowest BCUT2D eigenvalue weighted by Gasteiger charge is -2.19. The first kappa shape index (κ1) is 15.7. The van der Waals surface area contributed by atoms with Crippen LogP contribution in [0.25, 0.3) is 0 Å². The summed E-state index contributed by atoms with van der Waals surface area (Å²) in [5.74, 6) is -0.190. The number of ether oxygens (including phenoxy) is 2. The quantitative estimate of drug-likeness (QED) is 0.575. The average Bonchev–Trinajstić information content (AvgIpc) is 2.14. The Hall–Kier alpha value is -1.26. The van der Waals surface area contributed by atoms with Crippen molar-refractivity contribution in [2.24, 2.45) is 0 Å². The van der Waals surface area contributed by atoms with E-state index in [1.165, 1.54) is 0 Å². The highest BCUT2D eigenvalue weighted by Gasteiger charge is 2.15. The molecule has 17 heavy (non-hydrogen) atoms.